The number of nitrogen functional groups attached to an aromatic ring is 1. The number of likely N-dealkylation sites (N-methyl/N-ethyl adjacent to an activating group) is 2. The molecule has 13 rings (SSSR count). The fraction of sp³-hybridized carbons (Fsp3) is 0.312. The molecule has 5 amide bonds. The number of fused-ring (bicyclic) bond motifs is 4. The van der Waals surface area contributed by atoms with E-state index in [-0.39, 0.29) is 50.1 Å². The van der Waals surface area contributed by atoms with E-state index in [1.165, 1.54) is 50.6 Å². The van der Waals surface area contributed by atoms with Crippen molar-refractivity contribution in [2.24, 2.45) is 0 Å². The van der Waals surface area contributed by atoms with Gasteiger partial charge < -0.3 is 64.3 Å². The number of carbonyl (C=O) groups is 4. The zero-order chi connectivity index (χ0) is 70.4. The molecule has 0 bridgehead atoms. The highest BCUT2D eigenvalue weighted by atomic mass is 32.2. The smallest absolute Gasteiger partial charge is 0.418 e. The SMILES string of the molecule is CCNC(=O)[C@H]1O[C@@H](n2cnc3c(NC(=O)Nc4ccccc4S(=O)(=O)Nc4ccc(OC)cc4)ncnc32)[C@@H]2OC(C)(C)O[C@@H]21.CCNC(=O)[C@H]1O[C@@H](n2cnc3c(NC(=O)Oc4ccccc4)ncnc32)[C@@H]2OC(C)(C)O[C@@H]21.COc1ccc(NS(=O)(=O)c2ccccc2N)cc1. The number of nitrogens with one attached hydrogen (secondary N) is 7. The third-order valence-electron chi connectivity index (χ3n) is 15.3. The second-order valence-corrected chi connectivity index (χ2v) is 26.3. The Morgan fingerprint density at radius 3 is 1.42 bits per heavy atom. The molecule has 9 aromatic rings. The fourth-order valence-electron chi connectivity index (χ4n) is 11.1. The Hall–Kier alpha value is -10.7. The number of anilines is 6. The first-order valence-corrected chi connectivity index (χ1v) is 33.7. The van der Waals surface area contributed by atoms with Crippen molar-refractivity contribution in [3.63, 3.8) is 0 Å². The summed E-state index contributed by atoms with van der Waals surface area (Å²) in [5.74, 6) is -0.625. The van der Waals surface area contributed by atoms with E-state index in [0.717, 1.165) is 0 Å². The van der Waals surface area contributed by atoms with E-state index in [2.05, 4.69) is 65.9 Å². The van der Waals surface area contributed by atoms with Crippen molar-refractivity contribution in [2.75, 3.05) is 58.4 Å². The maximum atomic E-state index is 13.2. The first-order valence-electron chi connectivity index (χ1n) is 30.7. The van der Waals surface area contributed by atoms with Crippen LogP contribution in [0.15, 0.2) is 162 Å². The fourth-order valence-corrected chi connectivity index (χ4v) is 13.5. The van der Waals surface area contributed by atoms with Gasteiger partial charge in [-0.05, 0) is 126 Å². The number of sulfonamides is 2. The number of amides is 5. The number of rotatable bonds is 18. The van der Waals surface area contributed by atoms with E-state index in [9.17, 15) is 36.0 Å². The molecular weight excluding hydrogens is 1330 g/mol. The number of nitrogens with two attached hydrogens (primary N) is 1. The van der Waals surface area contributed by atoms with Gasteiger partial charge in [0.15, 0.2) is 70.2 Å². The highest BCUT2D eigenvalue weighted by molar-refractivity contribution is 7.93. The summed E-state index contributed by atoms with van der Waals surface area (Å²) >= 11 is 0. The molecule has 4 aliphatic rings. The van der Waals surface area contributed by atoms with Crippen LogP contribution in [0, 0.1) is 0 Å². The molecule has 0 unspecified atom stereocenters. The van der Waals surface area contributed by atoms with Crippen LogP contribution in [-0.2, 0) is 58.1 Å². The quantitative estimate of drug-likeness (QED) is 0.0405. The lowest BCUT2D eigenvalue weighted by molar-refractivity contribution is -0.198. The molecule has 8 atom stereocenters. The normalized spacial score (nSPS) is 20.9. The van der Waals surface area contributed by atoms with Gasteiger partial charge in [-0.3, -0.25) is 38.8 Å². The van der Waals surface area contributed by atoms with Crippen LogP contribution >= 0.6 is 0 Å². The zero-order valence-corrected chi connectivity index (χ0v) is 56.0. The summed E-state index contributed by atoms with van der Waals surface area (Å²) in [6.45, 7) is 11.6. The Labute approximate surface area is 566 Å². The van der Waals surface area contributed by atoms with Crippen molar-refractivity contribution in [3.8, 4) is 17.2 Å². The maximum Gasteiger partial charge on any atom is 0.418 e. The predicted molar refractivity (Wildman–Crippen MR) is 357 cm³/mol. The highest BCUT2D eigenvalue weighted by Gasteiger charge is 2.60. The molecule has 9 N–H and O–H groups in total. The van der Waals surface area contributed by atoms with Crippen LogP contribution in [0.25, 0.3) is 22.3 Å². The van der Waals surface area contributed by atoms with Crippen LogP contribution in [0.1, 0.15) is 54.0 Å². The number of carbonyl (C=O) groups excluding carboxylic acids is 4. The highest BCUT2D eigenvalue weighted by Crippen LogP contribution is 2.46. The number of ether oxygens (including phenoxy) is 9. The Kier molecular flexibility index (Phi) is 20.5. The summed E-state index contributed by atoms with van der Waals surface area (Å²) in [7, 11) is -4.72. The van der Waals surface area contributed by atoms with Crippen LogP contribution in [0.3, 0.4) is 0 Å². The predicted octanol–water partition coefficient (Wildman–Crippen LogP) is 6.90. The summed E-state index contributed by atoms with van der Waals surface area (Å²) in [5, 5.41) is 13.3. The lowest BCUT2D eigenvalue weighted by atomic mass is 10.1. The summed E-state index contributed by atoms with van der Waals surface area (Å²) < 4.78 is 111. The van der Waals surface area contributed by atoms with Crippen molar-refractivity contribution in [1.29, 1.82) is 0 Å². The van der Waals surface area contributed by atoms with E-state index in [1.807, 2.05) is 13.0 Å². The van der Waals surface area contributed by atoms with Crippen molar-refractivity contribution in [1.82, 2.24) is 49.7 Å². The number of hydrogen-bond donors (Lipinski definition) is 8. The first-order chi connectivity index (χ1) is 47.4. The minimum absolute atomic E-state index is 0.0274. The second-order valence-electron chi connectivity index (χ2n) is 23.0. The average molecular weight is 1400 g/mol. The second kappa shape index (κ2) is 29.2. The summed E-state index contributed by atoms with van der Waals surface area (Å²) in [6.07, 6.45) is -1.11. The summed E-state index contributed by atoms with van der Waals surface area (Å²) in [6, 6.07) is 33.1. The van der Waals surface area contributed by atoms with Crippen molar-refractivity contribution in [3.05, 3.63) is 153 Å². The van der Waals surface area contributed by atoms with Gasteiger partial charge in [-0.2, -0.15) is 0 Å². The van der Waals surface area contributed by atoms with E-state index in [0.29, 0.717) is 58.5 Å². The first kappa shape index (κ1) is 69.7. The molecule has 4 aliphatic heterocycles. The van der Waals surface area contributed by atoms with Gasteiger partial charge >= 0.3 is 12.1 Å². The van der Waals surface area contributed by atoms with Gasteiger partial charge in [-0.1, -0.05) is 42.5 Å². The molecule has 0 spiro atoms. The van der Waals surface area contributed by atoms with E-state index >= 15 is 0 Å². The standard InChI is InChI=1S/C29H32N8O8S.C22H24N6O6.C13H14N2O3S/c1-5-30-26(38)22-21-23(45-29(2,3)44-21)27(43-22)37-15-33-20-24(31-14-32-25(20)37)35-28(39)34-18-8-6-7-9-19(18)46(40,41)36-16-10-12-17(42-4)13-11-16;1-4-23-19(29)15-14-16(34-22(2,3)33-14)20(32-15)28-11-26-13-17(24-10-25-18(13)28)27-21(30)31-12-8-6-5-7-9-12;1-18-11-8-6-10(7-9-11)15-19(16,17)13-5-3-2-4-12(13)14/h6-15,21-23,27,36H,5H2,1-4H3,(H,30,38)(H2,31,32,34,35,39);5-11,14-16,20H,4H2,1-3H3,(H,23,29)(H,24,25,27,30);2-9,15H,14H2,1H3/t21-,22+,23-,27-;14-,15+,16-,20-;/m11./s1. The molecule has 33 nitrogen and oxygen atoms in total. The Morgan fingerprint density at radius 2 is 0.949 bits per heavy atom. The van der Waals surface area contributed by atoms with E-state index in [1.54, 1.807) is 154 Å². The lowest BCUT2D eigenvalue weighted by Gasteiger charge is -2.24. The van der Waals surface area contributed by atoms with Gasteiger partial charge in [0.1, 0.15) is 64.1 Å². The number of benzene rings is 5. The third-order valence-corrected chi connectivity index (χ3v) is 18.2. The number of imidazole rings is 2. The molecule has 0 saturated carbocycles. The van der Waals surface area contributed by atoms with Crippen LogP contribution in [0.4, 0.5) is 44.0 Å². The van der Waals surface area contributed by atoms with Crippen LogP contribution in [-0.4, -0.2) is 155 Å². The Balaban J connectivity index is 0.000000163. The molecule has 8 heterocycles. The number of aromatic nitrogens is 8. The third kappa shape index (κ3) is 15.7. The van der Waals surface area contributed by atoms with Gasteiger partial charge in [0.05, 0.1) is 38.2 Å². The lowest BCUT2D eigenvalue weighted by Crippen LogP contribution is -2.42. The molecule has 0 aliphatic carbocycles. The number of methoxy groups -OCH3 is 2. The molecule has 4 aromatic heterocycles. The van der Waals surface area contributed by atoms with Crippen molar-refractivity contribution >= 4 is 101 Å². The van der Waals surface area contributed by atoms with Gasteiger partial charge in [0.25, 0.3) is 31.9 Å². The van der Waals surface area contributed by atoms with Gasteiger partial charge in [-0.15, -0.1) is 0 Å². The molecular formula is C64H70N16O17S2. The molecule has 4 fully saturated rings. The van der Waals surface area contributed by atoms with Crippen molar-refractivity contribution < 1.29 is 78.6 Å². The molecule has 4 saturated heterocycles. The topological polar surface area (TPSA) is 417 Å². The summed E-state index contributed by atoms with van der Waals surface area (Å²) in [4.78, 5) is 76.5. The largest absolute Gasteiger partial charge is 0.497 e. The average Bonchev–Trinajstić information content (AvgIpc) is 1.59. The number of nitrogens with zero attached hydrogens (tertiary/aromatic N) is 8. The van der Waals surface area contributed by atoms with Crippen molar-refractivity contribution in [2.45, 2.75) is 112 Å². The molecule has 5 aromatic carbocycles. The molecule has 35 heteroatoms. The van der Waals surface area contributed by atoms with Gasteiger partial charge in [0.2, 0.25) is 0 Å². The minimum atomic E-state index is -4.09. The van der Waals surface area contributed by atoms with Gasteiger partial charge in [-0.25, -0.2) is 56.3 Å². The van der Waals surface area contributed by atoms with E-state index < -0.39 is 92.8 Å². The monoisotopic (exact) mass is 1400 g/mol. The summed E-state index contributed by atoms with van der Waals surface area (Å²) in [5.41, 5.74) is 7.90. The molecule has 520 valence electrons. The van der Waals surface area contributed by atoms with E-state index in [4.69, 9.17) is 48.4 Å². The minimum Gasteiger partial charge on any atom is -0.497 e. The van der Waals surface area contributed by atoms with Crippen LogP contribution in [0.2, 0.25) is 0 Å². The Morgan fingerprint density at radius 1 is 0.515 bits per heavy atom. The maximum absolute atomic E-state index is 13.2. The number of para-hydroxylation sites is 3. The number of urea groups is 1. The Bertz CT molecular complexity index is 4650. The molecule has 99 heavy (non-hydrogen) atoms. The van der Waals surface area contributed by atoms with Crippen LogP contribution < -0.4 is 56.0 Å². The zero-order valence-electron chi connectivity index (χ0n) is 54.4. The van der Waals surface area contributed by atoms with Gasteiger partial charge in [0, 0.05) is 24.5 Å². The molecule has 0 radical (unpaired) electrons. The number of hydrogen-bond acceptors (Lipinski definition) is 24. The van der Waals surface area contributed by atoms with Crippen LogP contribution in [0.5, 0.6) is 17.2 Å².